The molecule has 0 aliphatic heterocycles. The summed E-state index contributed by atoms with van der Waals surface area (Å²) in [5.74, 6) is 0.547. The standard InChI is InChI=1S/C12H19BrN4S/c1-8-11(13)18-10(16-8)7-15-12(14)17-9-5-3-2-4-6-9/h9H,2-7H2,1H3,(H3,14,15,17). The van der Waals surface area contributed by atoms with Gasteiger partial charge in [0.2, 0.25) is 0 Å². The normalized spacial score (nSPS) is 18.0. The Kier molecular flexibility index (Phi) is 5.00. The summed E-state index contributed by atoms with van der Waals surface area (Å²) in [5.41, 5.74) is 6.92. The Bertz CT molecular complexity index is 404. The summed E-state index contributed by atoms with van der Waals surface area (Å²) in [5, 5.41) is 4.30. The van der Waals surface area contributed by atoms with Crippen LogP contribution in [0.3, 0.4) is 0 Å². The van der Waals surface area contributed by atoms with E-state index in [1.165, 1.54) is 32.1 Å². The third-order valence-corrected chi connectivity index (χ3v) is 5.12. The van der Waals surface area contributed by atoms with Crippen molar-refractivity contribution >= 4 is 33.2 Å². The van der Waals surface area contributed by atoms with Gasteiger partial charge in [-0.3, -0.25) is 0 Å². The molecule has 0 amide bonds. The summed E-state index contributed by atoms with van der Waals surface area (Å²) in [6.07, 6.45) is 6.35. The molecule has 1 saturated carbocycles. The number of rotatable bonds is 3. The van der Waals surface area contributed by atoms with E-state index in [4.69, 9.17) is 5.73 Å². The van der Waals surface area contributed by atoms with Crippen molar-refractivity contribution in [3.8, 4) is 0 Å². The number of guanidine groups is 1. The number of hydrogen-bond donors (Lipinski definition) is 2. The second-order valence-electron chi connectivity index (χ2n) is 4.65. The zero-order chi connectivity index (χ0) is 13.0. The van der Waals surface area contributed by atoms with Gasteiger partial charge in [0.1, 0.15) is 5.01 Å². The molecule has 4 nitrogen and oxygen atoms in total. The third kappa shape index (κ3) is 3.95. The molecule has 0 radical (unpaired) electrons. The molecule has 100 valence electrons. The lowest BCUT2D eigenvalue weighted by molar-refractivity contribution is 0.412. The number of hydrogen-bond acceptors (Lipinski definition) is 3. The zero-order valence-corrected chi connectivity index (χ0v) is 13.0. The minimum absolute atomic E-state index is 0.507. The van der Waals surface area contributed by atoms with Gasteiger partial charge in [0, 0.05) is 6.04 Å². The molecule has 18 heavy (non-hydrogen) atoms. The quantitative estimate of drug-likeness (QED) is 0.661. The summed E-state index contributed by atoms with van der Waals surface area (Å²) in [7, 11) is 0. The van der Waals surface area contributed by atoms with Crippen LogP contribution in [0.1, 0.15) is 42.8 Å². The van der Waals surface area contributed by atoms with E-state index in [0.29, 0.717) is 18.5 Å². The van der Waals surface area contributed by atoms with Crippen molar-refractivity contribution in [1.29, 1.82) is 0 Å². The van der Waals surface area contributed by atoms with Crippen LogP contribution < -0.4 is 11.1 Å². The van der Waals surface area contributed by atoms with E-state index in [1.807, 2.05) is 6.92 Å². The predicted octanol–water partition coefficient (Wildman–Crippen LogP) is 2.95. The maximum atomic E-state index is 5.90. The number of thiazole rings is 1. The minimum Gasteiger partial charge on any atom is -0.370 e. The first-order chi connectivity index (χ1) is 8.65. The van der Waals surface area contributed by atoms with Crippen molar-refractivity contribution in [2.24, 2.45) is 10.7 Å². The molecule has 0 aromatic carbocycles. The highest BCUT2D eigenvalue weighted by atomic mass is 79.9. The van der Waals surface area contributed by atoms with Crippen LogP contribution in [0.2, 0.25) is 0 Å². The van der Waals surface area contributed by atoms with Gasteiger partial charge >= 0.3 is 0 Å². The smallest absolute Gasteiger partial charge is 0.189 e. The van der Waals surface area contributed by atoms with Crippen molar-refractivity contribution in [3.05, 3.63) is 14.5 Å². The Hall–Kier alpha value is -0.620. The van der Waals surface area contributed by atoms with Crippen LogP contribution in [-0.2, 0) is 6.54 Å². The molecule has 0 unspecified atom stereocenters. The van der Waals surface area contributed by atoms with Gasteiger partial charge in [0.15, 0.2) is 5.96 Å². The zero-order valence-electron chi connectivity index (χ0n) is 10.6. The number of aromatic nitrogens is 1. The number of halogens is 1. The Morgan fingerprint density at radius 1 is 1.50 bits per heavy atom. The van der Waals surface area contributed by atoms with E-state index >= 15 is 0 Å². The van der Waals surface area contributed by atoms with E-state index in [2.05, 4.69) is 31.2 Å². The fraction of sp³-hybridized carbons (Fsp3) is 0.667. The molecule has 6 heteroatoms. The topological polar surface area (TPSA) is 63.3 Å². The number of nitrogens with zero attached hydrogens (tertiary/aromatic N) is 2. The van der Waals surface area contributed by atoms with Gasteiger partial charge in [-0.05, 0) is 35.7 Å². The second kappa shape index (κ2) is 6.52. The summed E-state index contributed by atoms with van der Waals surface area (Å²) < 4.78 is 1.08. The first kappa shape index (κ1) is 13.8. The van der Waals surface area contributed by atoms with Crippen molar-refractivity contribution in [3.63, 3.8) is 0 Å². The highest BCUT2D eigenvalue weighted by Gasteiger charge is 2.13. The van der Waals surface area contributed by atoms with Crippen LogP contribution in [0.5, 0.6) is 0 Å². The van der Waals surface area contributed by atoms with Crippen LogP contribution in [-0.4, -0.2) is 17.0 Å². The number of nitrogens with one attached hydrogen (secondary N) is 1. The number of aryl methyl sites for hydroxylation is 1. The molecular formula is C12H19BrN4S. The monoisotopic (exact) mass is 330 g/mol. The summed E-state index contributed by atoms with van der Waals surface area (Å²) in [4.78, 5) is 8.76. The van der Waals surface area contributed by atoms with E-state index in [-0.39, 0.29) is 0 Å². The molecule has 1 heterocycles. The van der Waals surface area contributed by atoms with Gasteiger partial charge in [0.25, 0.3) is 0 Å². The van der Waals surface area contributed by atoms with Crippen molar-refractivity contribution in [1.82, 2.24) is 10.3 Å². The van der Waals surface area contributed by atoms with Gasteiger partial charge < -0.3 is 11.1 Å². The van der Waals surface area contributed by atoms with E-state index in [9.17, 15) is 0 Å². The predicted molar refractivity (Wildman–Crippen MR) is 79.9 cm³/mol. The maximum Gasteiger partial charge on any atom is 0.189 e. The number of aliphatic imine (C=N–C) groups is 1. The Morgan fingerprint density at radius 3 is 2.83 bits per heavy atom. The Labute approximate surface area is 120 Å². The van der Waals surface area contributed by atoms with Crippen LogP contribution in [0, 0.1) is 6.92 Å². The van der Waals surface area contributed by atoms with Crippen molar-refractivity contribution in [2.45, 2.75) is 51.6 Å². The highest BCUT2D eigenvalue weighted by molar-refractivity contribution is 9.11. The van der Waals surface area contributed by atoms with Crippen LogP contribution in [0.25, 0.3) is 0 Å². The lowest BCUT2D eigenvalue weighted by Gasteiger charge is -2.23. The van der Waals surface area contributed by atoms with Gasteiger partial charge in [0.05, 0.1) is 16.0 Å². The average Bonchev–Trinajstić information content (AvgIpc) is 2.68. The molecule has 1 aliphatic rings. The first-order valence-electron chi connectivity index (χ1n) is 6.33. The van der Waals surface area contributed by atoms with Gasteiger partial charge in [-0.25, -0.2) is 9.98 Å². The molecular weight excluding hydrogens is 312 g/mol. The molecule has 1 aromatic heterocycles. The fourth-order valence-electron chi connectivity index (χ4n) is 2.15. The van der Waals surface area contributed by atoms with Gasteiger partial charge in [-0.15, -0.1) is 11.3 Å². The lowest BCUT2D eigenvalue weighted by Crippen LogP contribution is -2.41. The summed E-state index contributed by atoms with van der Waals surface area (Å²) >= 11 is 5.08. The van der Waals surface area contributed by atoms with E-state index < -0.39 is 0 Å². The minimum atomic E-state index is 0.507. The molecule has 1 aliphatic carbocycles. The average molecular weight is 331 g/mol. The van der Waals surface area contributed by atoms with Crippen molar-refractivity contribution < 1.29 is 0 Å². The molecule has 3 N–H and O–H groups in total. The Morgan fingerprint density at radius 2 is 2.22 bits per heavy atom. The summed E-state index contributed by atoms with van der Waals surface area (Å²) in [6, 6.07) is 0.507. The SMILES string of the molecule is Cc1nc(CN=C(N)NC2CCCCC2)sc1Br. The van der Waals surface area contributed by atoms with E-state index in [0.717, 1.165) is 14.5 Å². The van der Waals surface area contributed by atoms with E-state index in [1.54, 1.807) is 11.3 Å². The molecule has 1 fully saturated rings. The molecule has 0 atom stereocenters. The van der Waals surface area contributed by atoms with Gasteiger partial charge in [-0.1, -0.05) is 19.3 Å². The lowest BCUT2D eigenvalue weighted by atomic mass is 9.96. The van der Waals surface area contributed by atoms with Gasteiger partial charge in [-0.2, -0.15) is 0 Å². The molecule has 1 aromatic rings. The first-order valence-corrected chi connectivity index (χ1v) is 7.94. The second-order valence-corrected chi connectivity index (χ2v) is 7.05. The fourth-order valence-corrected chi connectivity index (χ4v) is 3.51. The van der Waals surface area contributed by atoms with Crippen LogP contribution in [0.15, 0.2) is 8.78 Å². The highest BCUT2D eigenvalue weighted by Crippen LogP contribution is 2.24. The molecule has 2 rings (SSSR count). The third-order valence-electron chi connectivity index (χ3n) is 3.13. The summed E-state index contributed by atoms with van der Waals surface area (Å²) in [6.45, 7) is 2.54. The number of nitrogens with two attached hydrogens (primary N) is 1. The largest absolute Gasteiger partial charge is 0.370 e. The molecule has 0 saturated heterocycles. The maximum absolute atomic E-state index is 5.90. The van der Waals surface area contributed by atoms with Crippen molar-refractivity contribution in [2.75, 3.05) is 0 Å². The molecule has 0 bridgehead atoms. The molecule has 0 spiro atoms. The van der Waals surface area contributed by atoms with Crippen LogP contribution in [0.4, 0.5) is 0 Å². The Balaban J connectivity index is 1.84. The van der Waals surface area contributed by atoms with Crippen LogP contribution >= 0.6 is 27.3 Å².